The molecule has 0 fully saturated rings. The van der Waals surface area contributed by atoms with E-state index in [0.29, 0.717) is 10.6 Å². The number of likely N-dealkylation sites (N-methyl/N-ethyl adjacent to an activating group) is 1. The molecule has 1 atom stereocenters. The Morgan fingerprint density at radius 1 is 1.39 bits per heavy atom. The SMILES string of the molecule is C[C@@H](NC(=O)c1ccc(Cl)c(I)c1)C(=O)N(C)C. The van der Waals surface area contributed by atoms with Crippen molar-refractivity contribution in [3.63, 3.8) is 0 Å². The van der Waals surface area contributed by atoms with Gasteiger partial charge in [-0.25, -0.2) is 0 Å². The fourth-order valence-corrected chi connectivity index (χ4v) is 2.00. The van der Waals surface area contributed by atoms with Crippen molar-refractivity contribution in [3.05, 3.63) is 32.4 Å². The Bertz CT molecular complexity index is 477. The molecule has 0 saturated heterocycles. The van der Waals surface area contributed by atoms with Crippen LogP contribution < -0.4 is 5.32 Å². The lowest BCUT2D eigenvalue weighted by Gasteiger charge is -2.18. The van der Waals surface area contributed by atoms with Gasteiger partial charge in [0.25, 0.3) is 5.91 Å². The molecule has 0 aliphatic rings. The van der Waals surface area contributed by atoms with E-state index in [1.807, 2.05) is 0 Å². The van der Waals surface area contributed by atoms with Crippen molar-refractivity contribution in [3.8, 4) is 0 Å². The maximum absolute atomic E-state index is 11.9. The van der Waals surface area contributed by atoms with Crippen molar-refractivity contribution in [2.24, 2.45) is 0 Å². The van der Waals surface area contributed by atoms with Crippen molar-refractivity contribution < 1.29 is 9.59 Å². The zero-order chi connectivity index (χ0) is 13.9. The predicted octanol–water partition coefficient (Wildman–Crippen LogP) is 2.15. The molecule has 1 aromatic rings. The van der Waals surface area contributed by atoms with Crippen molar-refractivity contribution in [2.75, 3.05) is 14.1 Å². The molecule has 0 unspecified atom stereocenters. The molecular formula is C12H14ClIN2O2. The molecule has 0 radical (unpaired) electrons. The average Bonchev–Trinajstić information content (AvgIpc) is 2.31. The summed E-state index contributed by atoms with van der Waals surface area (Å²) in [7, 11) is 3.30. The van der Waals surface area contributed by atoms with Crippen molar-refractivity contribution in [2.45, 2.75) is 13.0 Å². The minimum Gasteiger partial charge on any atom is -0.347 e. The largest absolute Gasteiger partial charge is 0.347 e. The molecule has 6 heteroatoms. The molecule has 1 aromatic carbocycles. The van der Waals surface area contributed by atoms with Crippen LogP contribution >= 0.6 is 34.2 Å². The number of amides is 2. The fraction of sp³-hybridized carbons (Fsp3) is 0.333. The molecule has 0 saturated carbocycles. The van der Waals surface area contributed by atoms with Crippen LogP contribution in [0.3, 0.4) is 0 Å². The van der Waals surface area contributed by atoms with E-state index >= 15 is 0 Å². The maximum Gasteiger partial charge on any atom is 0.251 e. The van der Waals surface area contributed by atoms with Crippen LogP contribution in [0.25, 0.3) is 0 Å². The van der Waals surface area contributed by atoms with Crippen LogP contribution in [0.2, 0.25) is 5.02 Å². The van der Waals surface area contributed by atoms with Crippen molar-refractivity contribution in [1.29, 1.82) is 0 Å². The van der Waals surface area contributed by atoms with Crippen LogP contribution in [0.1, 0.15) is 17.3 Å². The first kappa shape index (κ1) is 15.2. The number of halogens is 2. The first-order chi connectivity index (χ1) is 8.32. The third kappa shape index (κ3) is 3.84. The summed E-state index contributed by atoms with van der Waals surface area (Å²) in [5.41, 5.74) is 0.488. The van der Waals surface area contributed by atoms with Gasteiger partial charge in [-0.3, -0.25) is 9.59 Å². The van der Waals surface area contributed by atoms with Crippen LogP contribution in [0.5, 0.6) is 0 Å². The lowest BCUT2D eigenvalue weighted by molar-refractivity contribution is -0.130. The van der Waals surface area contributed by atoms with E-state index in [-0.39, 0.29) is 11.8 Å². The smallest absolute Gasteiger partial charge is 0.251 e. The summed E-state index contributed by atoms with van der Waals surface area (Å²) in [6.45, 7) is 1.65. The van der Waals surface area contributed by atoms with Crippen LogP contribution in [-0.4, -0.2) is 36.9 Å². The standard InChI is InChI=1S/C12H14ClIN2O2/c1-7(12(18)16(2)3)15-11(17)8-4-5-9(13)10(14)6-8/h4-7H,1-3H3,(H,15,17)/t7-/m1/s1. The summed E-state index contributed by atoms with van der Waals surface area (Å²) >= 11 is 7.94. The molecule has 0 spiro atoms. The van der Waals surface area contributed by atoms with E-state index in [1.165, 1.54) is 4.90 Å². The van der Waals surface area contributed by atoms with Gasteiger partial charge >= 0.3 is 0 Å². The lowest BCUT2D eigenvalue weighted by atomic mass is 10.2. The van der Waals surface area contributed by atoms with E-state index in [1.54, 1.807) is 39.2 Å². The van der Waals surface area contributed by atoms with Gasteiger partial charge in [0.15, 0.2) is 0 Å². The van der Waals surface area contributed by atoms with Crippen LogP contribution in [0, 0.1) is 3.57 Å². The molecule has 0 aromatic heterocycles. The number of nitrogens with zero attached hydrogens (tertiary/aromatic N) is 1. The molecule has 4 nitrogen and oxygen atoms in total. The number of hydrogen-bond donors (Lipinski definition) is 1. The Hall–Kier alpha value is -0.820. The van der Waals surface area contributed by atoms with Gasteiger partial charge in [0.2, 0.25) is 5.91 Å². The molecule has 0 aliphatic heterocycles. The zero-order valence-electron chi connectivity index (χ0n) is 10.3. The Kier molecular flexibility index (Phi) is 5.40. The fourth-order valence-electron chi connectivity index (χ4n) is 1.37. The van der Waals surface area contributed by atoms with Crippen molar-refractivity contribution >= 4 is 46.0 Å². The van der Waals surface area contributed by atoms with Gasteiger partial charge in [-0.2, -0.15) is 0 Å². The van der Waals surface area contributed by atoms with Gasteiger partial charge in [-0.15, -0.1) is 0 Å². The van der Waals surface area contributed by atoms with E-state index in [2.05, 4.69) is 27.9 Å². The van der Waals surface area contributed by atoms with Gasteiger partial charge in [-0.05, 0) is 47.7 Å². The van der Waals surface area contributed by atoms with Crippen LogP contribution in [-0.2, 0) is 4.79 Å². The molecule has 0 heterocycles. The van der Waals surface area contributed by atoms with E-state index in [4.69, 9.17) is 11.6 Å². The molecule has 0 bridgehead atoms. The molecule has 98 valence electrons. The molecule has 1 N–H and O–H groups in total. The highest BCUT2D eigenvalue weighted by molar-refractivity contribution is 14.1. The molecule has 1 rings (SSSR count). The third-order valence-corrected chi connectivity index (χ3v) is 3.88. The van der Waals surface area contributed by atoms with E-state index in [9.17, 15) is 9.59 Å². The molecule has 0 aliphatic carbocycles. The first-order valence-electron chi connectivity index (χ1n) is 5.30. The number of hydrogen-bond acceptors (Lipinski definition) is 2. The summed E-state index contributed by atoms with van der Waals surface area (Å²) in [5.74, 6) is -0.431. The number of benzene rings is 1. The van der Waals surface area contributed by atoms with Gasteiger partial charge in [0.05, 0.1) is 5.02 Å². The summed E-state index contributed by atoms with van der Waals surface area (Å²) in [6.07, 6.45) is 0. The van der Waals surface area contributed by atoms with E-state index < -0.39 is 6.04 Å². The second-order valence-corrected chi connectivity index (χ2v) is 5.63. The minimum absolute atomic E-state index is 0.146. The first-order valence-corrected chi connectivity index (χ1v) is 6.75. The second kappa shape index (κ2) is 6.38. The summed E-state index contributed by atoms with van der Waals surface area (Å²) < 4.78 is 0.800. The third-order valence-electron chi connectivity index (χ3n) is 2.34. The number of carbonyl (C=O) groups excluding carboxylic acids is 2. The summed E-state index contributed by atoms with van der Waals surface area (Å²) in [5, 5.41) is 3.25. The Labute approximate surface area is 125 Å². The normalized spacial score (nSPS) is 11.8. The van der Waals surface area contributed by atoms with Gasteiger partial charge < -0.3 is 10.2 Å². The zero-order valence-corrected chi connectivity index (χ0v) is 13.2. The van der Waals surface area contributed by atoms with Gasteiger partial charge in [0.1, 0.15) is 6.04 Å². The monoisotopic (exact) mass is 380 g/mol. The highest BCUT2D eigenvalue weighted by Gasteiger charge is 2.18. The number of nitrogens with one attached hydrogen (secondary N) is 1. The minimum atomic E-state index is -0.555. The summed E-state index contributed by atoms with van der Waals surface area (Å²) in [6, 6.07) is 4.43. The van der Waals surface area contributed by atoms with Crippen LogP contribution in [0.4, 0.5) is 0 Å². The second-order valence-electron chi connectivity index (χ2n) is 4.06. The maximum atomic E-state index is 11.9. The van der Waals surface area contributed by atoms with Crippen molar-refractivity contribution in [1.82, 2.24) is 10.2 Å². The molecule has 18 heavy (non-hydrogen) atoms. The Balaban J connectivity index is 2.76. The molecule has 2 amide bonds. The predicted molar refractivity (Wildman–Crippen MR) is 79.8 cm³/mol. The van der Waals surface area contributed by atoms with Gasteiger partial charge in [0, 0.05) is 23.2 Å². The number of carbonyl (C=O) groups is 2. The van der Waals surface area contributed by atoms with E-state index in [0.717, 1.165) is 3.57 Å². The van der Waals surface area contributed by atoms with Gasteiger partial charge in [-0.1, -0.05) is 11.6 Å². The quantitative estimate of drug-likeness (QED) is 0.817. The Morgan fingerprint density at radius 3 is 2.50 bits per heavy atom. The molecular weight excluding hydrogens is 367 g/mol. The summed E-state index contributed by atoms with van der Waals surface area (Å²) in [4.78, 5) is 25.0. The topological polar surface area (TPSA) is 49.4 Å². The average molecular weight is 381 g/mol. The highest BCUT2D eigenvalue weighted by atomic mass is 127. The lowest BCUT2D eigenvalue weighted by Crippen LogP contribution is -2.44. The Morgan fingerprint density at radius 2 is 2.00 bits per heavy atom. The highest BCUT2D eigenvalue weighted by Crippen LogP contribution is 2.19. The van der Waals surface area contributed by atoms with Crippen LogP contribution in [0.15, 0.2) is 18.2 Å². The number of rotatable bonds is 3.